The van der Waals surface area contributed by atoms with Gasteiger partial charge in [0, 0.05) is 6.04 Å². The number of hydrogen-bond donors (Lipinski definition) is 1. The van der Waals surface area contributed by atoms with Gasteiger partial charge in [0.05, 0.1) is 19.4 Å². The molecule has 0 radical (unpaired) electrons. The van der Waals surface area contributed by atoms with Crippen molar-refractivity contribution >= 4 is 5.91 Å². The number of hydrogen-bond acceptors (Lipinski definition) is 3. The molecule has 1 aromatic carbocycles. The van der Waals surface area contributed by atoms with Crippen LogP contribution in [0.1, 0.15) is 30.2 Å². The molecule has 116 valence electrons. The number of amides is 1. The van der Waals surface area contributed by atoms with Crippen LogP contribution in [0.5, 0.6) is 0 Å². The molecule has 1 aliphatic heterocycles. The normalized spacial score (nSPS) is 18.5. The minimum atomic E-state index is -0.232. The molecule has 2 aromatic rings. The highest BCUT2D eigenvalue weighted by Gasteiger charge is 2.27. The fraction of sp³-hybridized carbons (Fsp3) is 0.353. The summed E-state index contributed by atoms with van der Waals surface area (Å²) in [5.41, 5.74) is 1.07. The molecule has 1 fully saturated rings. The second-order valence-electron chi connectivity index (χ2n) is 5.54. The Kier molecular flexibility index (Phi) is 4.53. The van der Waals surface area contributed by atoms with Crippen molar-refractivity contribution < 1.29 is 13.6 Å². The second kappa shape index (κ2) is 6.75. The van der Waals surface area contributed by atoms with Crippen LogP contribution in [0.25, 0.3) is 0 Å². The average molecular weight is 302 g/mol. The van der Waals surface area contributed by atoms with Crippen molar-refractivity contribution in [2.45, 2.75) is 25.4 Å². The maximum absolute atomic E-state index is 13.0. The van der Waals surface area contributed by atoms with E-state index in [9.17, 15) is 9.18 Å². The monoisotopic (exact) mass is 302 g/mol. The maximum Gasteiger partial charge on any atom is 0.234 e. The summed E-state index contributed by atoms with van der Waals surface area (Å²) in [6.45, 7) is 1.64. The lowest BCUT2D eigenvalue weighted by Crippen LogP contribution is -2.36. The Bertz CT molecular complexity index is 610. The standard InChI is InChI=1S/C17H19FN2O2/c18-14-7-5-13(6-8-14)16-4-1-9-20(16)12-17(21)19-11-15-3-2-10-22-15/h2-3,5-8,10,16H,1,4,9,11-12H2,(H,19,21)/t16-/m1/s1. The molecule has 3 rings (SSSR count). The highest BCUT2D eigenvalue weighted by atomic mass is 19.1. The van der Waals surface area contributed by atoms with Crippen LogP contribution in [-0.2, 0) is 11.3 Å². The van der Waals surface area contributed by atoms with Crippen LogP contribution >= 0.6 is 0 Å². The Morgan fingerprint density at radius 2 is 2.14 bits per heavy atom. The van der Waals surface area contributed by atoms with Gasteiger partial charge in [0.1, 0.15) is 11.6 Å². The van der Waals surface area contributed by atoms with Crippen molar-refractivity contribution in [2.24, 2.45) is 0 Å². The number of likely N-dealkylation sites (tertiary alicyclic amines) is 1. The van der Waals surface area contributed by atoms with E-state index in [2.05, 4.69) is 10.2 Å². The Morgan fingerprint density at radius 1 is 1.32 bits per heavy atom. The molecule has 0 unspecified atom stereocenters. The van der Waals surface area contributed by atoms with E-state index in [4.69, 9.17) is 4.42 Å². The zero-order valence-electron chi connectivity index (χ0n) is 12.3. The fourth-order valence-corrected chi connectivity index (χ4v) is 2.92. The summed E-state index contributed by atoms with van der Waals surface area (Å²) in [5, 5.41) is 2.86. The summed E-state index contributed by atoms with van der Waals surface area (Å²) < 4.78 is 18.2. The van der Waals surface area contributed by atoms with E-state index in [1.807, 2.05) is 6.07 Å². The zero-order valence-corrected chi connectivity index (χ0v) is 12.3. The molecule has 2 heterocycles. The van der Waals surface area contributed by atoms with Crippen molar-refractivity contribution in [3.8, 4) is 0 Å². The van der Waals surface area contributed by atoms with Gasteiger partial charge in [0.2, 0.25) is 5.91 Å². The van der Waals surface area contributed by atoms with Crippen LogP contribution in [0.4, 0.5) is 4.39 Å². The fourth-order valence-electron chi connectivity index (χ4n) is 2.92. The zero-order chi connectivity index (χ0) is 15.4. The first-order valence-corrected chi connectivity index (χ1v) is 7.51. The topological polar surface area (TPSA) is 45.5 Å². The third kappa shape index (κ3) is 3.54. The Balaban J connectivity index is 1.56. The number of rotatable bonds is 5. The SMILES string of the molecule is O=C(CN1CCC[C@@H]1c1ccc(F)cc1)NCc1ccco1. The van der Waals surface area contributed by atoms with E-state index < -0.39 is 0 Å². The van der Waals surface area contributed by atoms with Gasteiger partial charge in [-0.3, -0.25) is 9.69 Å². The lowest BCUT2D eigenvalue weighted by Gasteiger charge is -2.24. The van der Waals surface area contributed by atoms with Gasteiger partial charge in [0.15, 0.2) is 0 Å². The number of furan rings is 1. The van der Waals surface area contributed by atoms with Crippen molar-refractivity contribution in [3.63, 3.8) is 0 Å². The highest BCUT2D eigenvalue weighted by molar-refractivity contribution is 5.78. The molecular weight excluding hydrogens is 283 g/mol. The summed E-state index contributed by atoms with van der Waals surface area (Å²) in [4.78, 5) is 14.2. The molecule has 1 N–H and O–H groups in total. The molecule has 1 atom stereocenters. The summed E-state index contributed by atoms with van der Waals surface area (Å²) >= 11 is 0. The first kappa shape index (κ1) is 14.8. The molecule has 1 saturated heterocycles. The van der Waals surface area contributed by atoms with Crippen LogP contribution in [0.15, 0.2) is 47.1 Å². The lowest BCUT2D eigenvalue weighted by atomic mass is 10.0. The number of benzene rings is 1. The van der Waals surface area contributed by atoms with Gasteiger partial charge in [-0.1, -0.05) is 12.1 Å². The highest BCUT2D eigenvalue weighted by Crippen LogP contribution is 2.31. The number of carbonyl (C=O) groups excluding carboxylic acids is 1. The molecule has 0 spiro atoms. The van der Waals surface area contributed by atoms with Gasteiger partial charge >= 0.3 is 0 Å². The average Bonchev–Trinajstić information content (AvgIpc) is 3.17. The van der Waals surface area contributed by atoms with E-state index in [1.54, 1.807) is 24.5 Å². The number of nitrogens with zero attached hydrogens (tertiary/aromatic N) is 1. The molecule has 22 heavy (non-hydrogen) atoms. The molecule has 4 nitrogen and oxygen atoms in total. The van der Waals surface area contributed by atoms with E-state index >= 15 is 0 Å². The number of carbonyl (C=O) groups is 1. The van der Waals surface area contributed by atoms with Gasteiger partial charge in [-0.25, -0.2) is 4.39 Å². The molecule has 5 heteroatoms. The van der Waals surface area contributed by atoms with Crippen molar-refractivity contribution in [1.29, 1.82) is 0 Å². The first-order chi connectivity index (χ1) is 10.7. The van der Waals surface area contributed by atoms with E-state index in [0.717, 1.165) is 30.7 Å². The summed E-state index contributed by atoms with van der Waals surface area (Å²) in [6.07, 6.45) is 3.64. The largest absolute Gasteiger partial charge is 0.467 e. The lowest BCUT2D eigenvalue weighted by molar-refractivity contribution is -0.122. The van der Waals surface area contributed by atoms with Gasteiger partial charge in [-0.05, 0) is 49.2 Å². The van der Waals surface area contributed by atoms with Crippen LogP contribution in [-0.4, -0.2) is 23.9 Å². The van der Waals surface area contributed by atoms with E-state index in [-0.39, 0.29) is 17.8 Å². The van der Waals surface area contributed by atoms with Crippen molar-refractivity contribution in [1.82, 2.24) is 10.2 Å². The molecular formula is C17H19FN2O2. The minimum absolute atomic E-state index is 0.0228. The van der Waals surface area contributed by atoms with Crippen molar-refractivity contribution in [3.05, 3.63) is 59.8 Å². The van der Waals surface area contributed by atoms with E-state index in [1.165, 1.54) is 12.1 Å². The first-order valence-electron chi connectivity index (χ1n) is 7.51. The summed E-state index contributed by atoms with van der Waals surface area (Å²) in [5.74, 6) is 0.486. The van der Waals surface area contributed by atoms with Gasteiger partial charge in [-0.15, -0.1) is 0 Å². The van der Waals surface area contributed by atoms with Crippen LogP contribution in [0.3, 0.4) is 0 Å². The maximum atomic E-state index is 13.0. The van der Waals surface area contributed by atoms with Crippen LogP contribution < -0.4 is 5.32 Å². The van der Waals surface area contributed by atoms with Gasteiger partial charge < -0.3 is 9.73 Å². The second-order valence-corrected chi connectivity index (χ2v) is 5.54. The Labute approximate surface area is 128 Å². The third-order valence-electron chi connectivity index (χ3n) is 4.01. The summed E-state index contributed by atoms with van der Waals surface area (Å²) in [6, 6.07) is 10.4. The third-order valence-corrected chi connectivity index (χ3v) is 4.01. The molecule has 0 bridgehead atoms. The predicted molar refractivity (Wildman–Crippen MR) is 80.5 cm³/mol. The smallest absolute Gasteiger partial charge is 0.234 e. The van der Waals surface area contributed by atoms with Crippen LogP contribution in [0, 0.1) is 5.82 Å². The Hall–Kier alpha value is -2.14. The van der Waals surface area contributed by atoms with Gasteiger partial charge in [-0.2, -0.15) is 0 Å². The van der Waals surface area contributed by atoms with Crippen LogP contribution in [0.2, 0.25) is 0 Å². The predicted octanol–water partition coefficient (Wildman–Crippen LogP) is 2.87. The van der Waals surface area contributed by atoms with Crippen molar-refractivity contribution in [2.75, 3.05) is 13.1 Å². The Morgan fingerprint density at radius 3 is 2.86 bits per heavy atom. The van der Waals surface area contributed by atoms with Gasteiger partial charge in [0.25, 0.3) is 0 Å². The summed E-state index contributed by atoms with van der Waals surface area (Å²) in [7, 11) is 0. The molecule has 1 aliphatic rings. The molecule has 0 saturated carbocycles. The molecule has 0 aliphatic carbocycles. The minimum Gasteiger partial charge on any atom is -0.467 e. The van der Waals surface area contributed by atoms with E-state index in [0.29, 0.717) is 13.1 Å². The molecule has 1 aromatic heterocycles. The number of halogens is 1. The quantitative estimate of drug-likeness (QED) is 0.923. The molecule has 1 amide bonds. The number of nitrogens with one attached hydrogen (secondary N) is 1.